The van der Waals surface area contributed by atoms with Gasteiger partial charge in [-0.3, -0.25) is 0 Å². The third kappa shape index (κ3) is 4.46. The predicted octanol–water partition coefficient (Wildman–Crippen LogP) is 4.04. The van der Waals surface area contributed by atoms with E-state index in [2.05, 4.69) is 9.73 Å². The molecule has 6 nitrogen and oxygen atoms in total. The van der Waals surface area contributed by atoms with Crippen LogP contribution in [0.1, 0.15) is 18.1 Å². The second-order valence-corrected chi connectivity index (χ2v) is 5.58. The second kappa shape index (κ2) is 8.51. The molecule has 0 radical (unpaired) electrons. The minimum absolute atomic E-state index is 0.0773. The lowest BCUT2D eigenvalue weighted by Gasteiger charge is -2.10. The van der Waals surface area contributed by atoms with Gasteiger partial charge in [-0.05, 0) is 55.0 Å². The van der Waals surface area contributed by atoms with Crippen molar-refractivity contribution in [3.8, 4) is 17.2 Å². The topological polar surface area (TPSA) is 66.3 Å². The van der Waals surface area contributed by atoms with E-state index in [9.17, 15) is 13.6 Å². The molecule has 0 spiro atoms. The van der Waals surface area contributed by atoms with Gasteiger partial charge >= 0.3 is 12.6 Å². The van der Waals surface area contributed by atoms with E-state index >= 15 is 0 Å². The zero-order chi connectivity index (χ0) is 20.1. The van der Waals surface area contributed by atoms with Crippen molar-refractivity contribution in [3.05, 3.63) is 59.3 Å². The van der Waals surface area contributed by atoms with Crippen LogP contribution >= 0.6 is 0 Å². The van der Waals surface area contributed by atoms with Gasteiger partial charge in [0.25, 0.3) is 0 Å². The average Bonchev–Trinajstić information content (AvgIpc) is 3.04. The summed E-state index contributed by atoms with van der Waals surface area (Å²) in [5.41, 5.74) is 1.22. The Balaban J connectivity index is 1.84. The normalized spacial score (nSPS) is 14.8. The molecule has 8 heteroatoms. The lowest BCUT2D eigenvalue weighted by atomic mass is 10.1. The van der Waals surface area contributed by atoms with E-state index < -0.39 is 12.6 Å². The Morgan fingerprint density at radius 2 is 1.89 bits per heavy atom. The highest BCUT2D eigenvalue weighted by Crippen LogP contribution is 2.31. The summed E-state index contributed by atoms with van der Waals surface area (Å²) in [6.07, 6.45) is 1.47. The smallest absolute Gasteiger partial charge is 0.387 e. The van der Waals surface area contributed by atoms with E-state index in [1.54, 1.807) is 24.3 Å². The number of cyclic esters (lactones) is 1. The van der Waals surface area contributed by atoms with Crippen molar-refractivity contribution in [1.82, 2.24) is 0 Å². The summed E-state index contributed by atoms with van der Waals surface area (Å²) in [6.45, 7) is -0.536. The number of methoxy groups -OCH3 is 1. The maximum absolute atomic E-state index is 12.4. The van der Waals surface area contributed by atoms with Crippen LogP contribution in [0.25, 0.3) is 6.08 Å². The molecule has 0 N–H and O–H groups in total. The number of carbonyl (C=O) groups is 1. The predicted molar refractivity (Wildman–Crippen MR) is 97.8 cm³/mol. The minimum atomic E-state index is -2.97. The van der Waals surface area contributed by atoms with E-state index in [0.717, 1.165) is 0 Å². The molecule has 28 heavy (non-hydrogen) atoms. The highest BCUT2D eigenvalue weighted by molar-refractivity contribution is 6.12. The fourth-order valence-electron chi connectivity index (χ4n) is 2.52. The standard InChI is InChI=1S/C20H17F2NO5/c1-3-26-14-7-5-13(6-8-14)18-23-15(19(24)28-18)10-12-4-9-16(27-20(21)22)17(11-12)25-2/h4-11,20H,3H2,1-2H3. The maximum atomic E-state index is 12.4. The molecule has 2 aromatic carbocycles. The van der Waals surface area contributed by atoms with E-state index in [-0.39, 0.29) is 23.1 Å². The number of alkyl halides is 2. The van der Waals surface area contributed by atoms with Gasteiger partial charge in [0.2, 0.25) is 5.90 Å². The number of benzene rings is 2. The van der Waals surface area contributed by atoms with Crippen molar-refractivity contribution in [2.45, 2.75) is 13.5 Å². The van der Waals surface area contributed by atoms with Crippen LogP contribution in [0.3, 0.4) is 0 Å². The molecule has 0 bridgehead atoms. The molecule has 1 aliphatic rings. The van der Waals surface area contributed by atoms with Gasteiger partial charge in [0.1, 0.15) is 5.75 Å². The van der Waals surface area contributed by atoms with Crippen molar-refractivity contribution in [2.24, 2.45) is 4.99 Å². The third-order valence-corrected chi connectivity index (χ3v) is 3.74. The number of hydrogen-bond acceptors (Lipinski definition) is 6. The van der Waals surface area contributed by atoms with Crippen molar-refractivity contribution >= 4 is 17.9 Å². The van der Waals surface area contributed by atoms with Crippen LogP contribution in [0.15, 0.2) is 53.2 Å². The molecule has 0 saturated heterocycles. The second-order valence-electron chi connectivity index (χ2n) is 5.58. The zero-order valence-corrected chi connectivity index (χ0v) is 15.1. The SMILES string of the molecule is CCOc1ccc(C2=NC(=Cc3ccc(OC(F)F)c(OC)c3)C(=O)O2)cc1. The van der Waals surface area contributed by atoms with Crippen molar-refractivity contribution in [2.75, 3.05) is 13.7 Å². The van der Waals surface area contributed by atoms with Crippen molar-refractivity contribution < 1.29 is 32.5 Å². The molecule has 3 rings (SSSR count). The Morgan fingerprint density at radius 3 is 2.54 bits per heavy atom. The lowest BCUT2D eigenvalue weighted by molar-refractivity contribution is -0.129. The van der Waals surface area contributed by atoms with E-state index in [1.165, 1.54) is 31.4 Å². The number of esters is 1. The number of rotatable bonds is 7. The molecule has 146 valence electrons. The Morgan fingerprint density at radius 1 is 1.14 bits per heavy atom. The first-order valence-corrected chi connectivity index (χ1v) is 8.38. The Bertz CT molecular complexity index is 923. The van der Waals surface area contributed by atoms with Crippen LogP contribution in [-0.4, -0.2) is 32.2 Å². The minimum Gasteiger partial charge on any atom is -0.494 e. The number of nitrogens with zero attached hydrogens (tertiary/aromatic N) is 1. The Kier molecular flexibility index (Phi) is 5.88. The first-order valence-electron chi connectivity index (χ1n) is 8.38. The van der Waals surface area contributed by atoms with Gasteiger partial charge in [-0.25, -0.2) is 9.79 Å². The van der Waals surface area contributed by atoms with Gasteiger partial charge in [-0.2, -0.15) is 8.78 Å². The number of ether oxygens (including phenoxy) is 4. The maximum Gasteiger partial charge on any atom is 0.387 e. The fourth-order valence-corrected chi connectivity index (χ4v) is 2.52. The lowest BCUT2D eigenvalue weighted by Crippen LogP contribution is -2.05. The van der Waals surface area contributed by atoms with Crippen LogP contribution in [0, 0.1) is 0 Å². The number of hydrogen-bond donors (Lipinski definition) is 0. The molecular weight excluding hydrogens is 372 g/mol. The van der Waals surface area contributed by atoms with Gasteiger partial charge < -0.3 is 18.9 Å². The Hall–Kier alpha value is -3.42. The molecule has 0 atom stereocenters. The molecule has 0 aliphatic carbocycles. The summed E-state index contributed by atoms with van der Waals surface area (Å²) >= 11 is 0. The number of carbonyl (C=O) groups excluding carboxylic acids is 1. The van der Waals surface area contributed by atoms with Crippen molar-refractivity contribution in [1.29, 1.82) is 0 Å². The summed E-state index contributed by atoms with van der Waals surface area (Å²) in [7, 11) is 1.33. The monoisotopic (exact) mass is 389 g/mol. The summed E-state index contributed by atoms with van der Waals surface area (Å²) in [5, 5.41) is 0. The average molecular weight is 389 g/mol. The highest BCUT2D eigenvalue weighted by Gasteiger charge is 2.24. The van der Waals surface area contributed by atoms with Gasteiger partial charge in [0, 0.05) is 5.56 Å². The molecule has 0 aromatic heterocycles. The van der Waals surface area contributed by atoms with Crippen LogP contribution in [-0.2, 0) is 9.53 Å². The molecule has 1 heterocycles. The van der Waals surface area contributed by atoms with Crippen LogP contribution in [0.4, 0.5) is 8.78 Å². The first kappa shape index (κ1) is 19.3. The molecule has 0 amide bonds. The van der Waals surface area contributed by atoms with Crippen LogP contribution in [0.5, 0.6) is 17.2 Å². The zero-order valence-electron chi connectivity index (χ0n) is 15.1. The van der Waals surface area contributed by atoms with Gasteiger partial charge in [-0.1, -0.05) is 6.07 Å². The summed E-state index contributed by atoms with van der Waals surface area (Å²) in [4.78, 5) is 16.3. The van der Waals surface area contributed by atoms with E-state index in [4.69, 9.17) is 14.2 Å². The summed E-state index contributed by atoms with van der Waals surface area (Å²) in [6, 6.07) is 11.3. The summed E-state index contributed by atoms with van der Waals surface area (Å²) in [5.74, 6) is 0.258. The number of halogens is 2. The quantitative estimate of drug-likeness (QED) is 0.528. The van der Waals surface area contributed by atoms with Crippen molar-refractivity contribution in [3.63, 3.8) is 0 Å². The van der Waals surface area contributed by atoms with Crippen LogP contribution < -0.4 is 14.2 Å². The molecule has 0 saturated carbocycles. The van der Waals surface area contributed by atoms with E-state index in [1.807, 2.05) is 6.92 Å². The number of aliphatic imine (C=N–C) groups is 1. The highest BCUT2D eigenvalue weighted by atomic mass is 19.3. The van der Waals surface area contributed by atoms with Gasteiger partial charge in [-0.15, -0.1) is 0 Å². The molecule has 2 aromatic rings. The molecule has 1 aliphatic heterocycles. The van der Waals surface area contributed by atoms with Crippen LogP contribution in [0.2, 0.25) is 0 Å². The molecule has 0 fully saturated rings. The molecule has 0 unspecified atom stereocenters. The molecular formula is C20H17F2NO5. The third-order valence-electron chi connectivity index (χ3n) is 3.74. The van der Waals surface area contributed by atoms with Gasteiger partial charge in [0.15, 0.2) is 17.2 Å². The van der Waals surface area contributed by atoms with Gasteiger partial charge in [0.05, 0.1) is 13.7 Å². The summed E-state index contributed by atoms with van der Waals surface area (Å²) < 4.78 is 44.8. The Labute approximate surface area is 160 Å². The largest absolute Gasteiger partial charge is 0.494 e. The fraction of sp³-hybridized carbons (Fsp3) is 0.200. The van der Waals surface area contributed by atoms with E-state index in [0.29, 0.717) is 23.5 Å². The first-order chi connectivity index (χ1) is 13.5.